The van der Waals surface area contributed by atoms with E-state index in [1.54, 1.807) is 0 Å². The van der Waals surface area contributed by atoms with Crippen LogP contribution in [-0.4, -0.2) is 37.9 Å². The number of carbonyl (C=O) groups excluding carboxylic acids is 1. The second-order valence-corrected chi connectivity index (χ2v) is 9.75. The molecule has 6 heteroatoms. The van der Waals surface area contributed by atoms with Crippen molar-refractivity contribution in [2.24, 2.45) is 0 Å². The largest absolute Gasteiger partial charge is 0.337 e. The third-order valence-electron chi connectivity index (χ3n) is 6.31. The van der Waals surface area contributed by atoms with Crippen LogP contribution in [0.4, 0.5) is 0 Å². The Hall–Kier alpha value is -3.38. The summed E-state index contributed by atoms with van der Waals surface area (Å²) in [6.07, 6.45) is 1.59. The van der Waals surface area contributed by atoms with E-state index in [9.17, 15) is 4.79 Å². The molecule has 1 aromatic heterocycles. The molecule has 172 valence electrons. The normalized spacial score (nSPS) is 13.1. The summed E-state index contributed by atoms with van der Waals surface area (Å²) in [6.45, 7) is 5.65. The summed E-state index contributed by atoms with van der Waals surface area (Å²) in [7, 11) is 0. The fourth-order valence-electron chi connectivity index (χ4n) is 4.51. The number of fused-ring (bicyclic) bond motifs is 1. The molecule has 0 atom stereocenters. The van der Waals surface area contributed by atoms with Crippen molar-refractivity contribution >= 4 is 17.7 Å². The average Bonchev–Trinajstić information content (AvgIpc) is 3.24. The number of carbonyl (C=O) groups is 1. The quantitative estimate of drug-likeness (QED) is 0.367. The molecule has 0 saturated heterocycles. The average molecular weight is 469 g/mol. The van der Waals surface area contributed by atoms with Crippen LogP contribution in [0.3, 0.4) is 0 Å². The number of rotatable bonds is 6. The lowest BCUT2D eigenvalue weighted by molar-refractivity contribution is -0.129. The molecular formula is C28H28N4OS. The number of benzene rings is 3. The first-order valence-corrected chi connectivity index (χ1v) is 12.6. The van der Waals surface area contributed by atoms with Gasteiger partial charge in [-0.15, -0.1) is 10.2 Å². The highest BCUT2D eigenvalue weighted by molar-refractivity contribution is 7.99. The third kappa shape index (κ3) is 4.77. The van der Waals surface area contributed by atoms with E-state index in [2.05, 4.69) is 77.1 Å². The van der Waals surface area contributed by atoms with E-state index in [4.69, 9.17) is 0 Å². The van der Waals surface area contributed by atoms with Crippen LogP contribution in [0.1, 0.15) is 33.6 Å². The summed E-state index contributed by atoms with van der Waals surface area (Å²) in [6, 6.07) is 25.1. The van der Waals surface area contributed by atoms with Crippen molar-refractivity contribution in [1.82, 2.24) is 19.7 Å². The molecule has 0 N–H and O–H groups in total. The summed E-state index contributed by atoms with van der Waals surface area (Å²) < 4.78 is 2.12. The first-order valence-electron chi connectivity index (χ1n) is 11.6. The van der Waals surface area contributed by atoms with Crippen LogP contribution in [0, 0.1) is 13.8 Å². The Balaban J connectivity index is 1.38. The van der Waals surface area contributed by atoms with E-state index in [0.717, 1.165) is 35.2 Å². The number of hydrogen-bond acceptors (Lipinski definition) is 4. The van der Waals surface area contributed by atoms with Gasteiger partial charge in [-0.05, 0) is 48.6 Å². The van der Waals surface area contributed by atoms with E-state index >= 15 is 0 Å². The second kappa shape index (κ2) is 9.85. The molecular weight excluding hydrogens is 440 g/mol. The van der Waals surface area contributed by atoms with Crippen LogP contribution in [-0.2, 0) is 24.2 Å². The monoisotopic (exact) mass is 468 g/mol. The fraction of sp³-hybridized carbons (Fsp3) is 0.250. The van der Waals surface area contributed by atoms with E-state index < -0.39 is 0 Å². The van der Waals surface area contributed by atoms with E-state index in [0.29, 0.717) is 18.7 Å². The van der Waals surface area contributed by atoms with Crippen molar-refractivity contribution in [3.05, 3.63) is 106 Å². The third-order valence-corrected chi connectivity index (χ3v) is 7.22. The summed E-state index contributed by atoms with van der Waals surface area (Å²) in [4.78, 5) is 15.0. The molecule has 34 heavy (non-hydrogen) atoms. The van der Waals surface area contributed by atoms with E-state index in [-0.39, 0.29) is 5.91 Å². The highest BCUT2D eigenvalue weighted by Gasteiger charge is 2.22. The second-order valence-electron chi connectivity index (χ2n) is 8.81. The van der Waals surface area contributed by atoms with Gasteiger partial charge in [0.25, 0.3) is 0 Å². The molecule has 3 aromatic carbocycles. The predicted molar refractivity (Wildman–Crippen MR) is 136 cm³/mol. The van der Waals surface area contributed by atoms with Crippen LogP contribution in [0.25, 0.3) is 5.69 Å². The topological polar surface area (TPSA) is 51.0 Å². The number of aryl methyl sites for hydroxylation is 2. The molecule has 5 rings (SSSR count). The molecule has 1 aliphatic rings. The number of hydrogen-bond donors (Lipinski definition) is 0. The predicted octanol–water partition coefficient (Wildman–Crippen LogP) is 5.15. The summed E-state index contributed by atoms with van der Waals surface area (Å²) >= 11 is 1.47. The number of amides is 1. The molecule has 0 unspecified atom stereocenters. The van der Waals surface area contributed by atoms with Crippen LogP contribution < -0.4 is 0 Å². The molecule has 1 aliphatic heterocycles. The lowest BCUT2D eigenvalue weighted by Gasteiger charge is -2.28. The van der Waals surface area contributed by atoms with Gasteiger partial charge in [0, 0.05) is 19.5 Å². The van der Waals surface area contributed by atoms with Gasteiger partial charge in [-0.2, -0.15) is 0 Å². The molecule has 0 aliphatic carbocycles. The SMILES string of the molecule is Cc1ccc(-n2c(Cc3ccccc3)nnc2SCC(=O)N2CCc3ccccc3C2)c(C)c1. The van der Waals surface area contributed by atoms with Gasteiger partial charge in [0.05, 0.1) is 11.4 Å². The Morgan fingerprint density at radius 2 is 1.71 bits per heavy atom. The first-order chi connectivity index (χ1) is 16.6. The van der Waals surface area contributed by atoms with Gasteiger partial charge >= 0.3 is 0 Å². The minimum absolute atomic E-state index is 0.138. The maximum atomic E-state index is 13.1. The van der Waals surface area contributed by atoms with Gasteiger partial charge in [-0.1, -0.05) is 84.1 Å². The standard InChI is InChI=1S/C28H28N4OS/c1-20-12-13-25(21(2)16-20)32-26(17-22-8-4-3-5-9-22)29-30-28(32)34-19-27(33)31-15-14-23-10-6-7-11-24(23)18-31/h3-13,16H,14-15,17-19H2,1-2H3. The summed E-state index contributed by atoms with van der Waals surface area (Å²) in [5.74, 6) is 1.36. The lowest BCUT2D eigenvalue weighted by atomic mass is 10.00. The Morgan fingerprint density at radius 1 is 0.941 bits per heavy atom. The lowest BCUT2D eigenvalue weighted by Crippen LogP contribution is -2.37. The first kappa shape index (κ1) is 22.4. The highest BCUT2D eigenvalue weighted by atomic mass is 32.2. The molecule has 1 amide bonds. The molecule has 4 aromatic rings. The van der Waals surface area contributed by atoms with Gasteiger partial charge in [-0.3, -0.25) is 9.36 Å². The summed E-state index contributed by atoms with van der Waals surface area (Å²) in [5, 5.41) is 9.80. The number of nitrogens with zero attached hydrogens (tertiary/aromatic N) is 4. The Labute approximate surface area is 204 Å². The van der Waals surface area contributed by atoms with E-state index in [1.807, 2.05) is 29.2 Å². The number of thioether (sulfide) groups is 1. The molecule has 0 radical (unpaired) electrons. The maximum absolute atomic E-state index is 13.1. The fourth-order valence-corrected chi connectivity index (χ4v) is 5.38. The van der Waals surface area contributed by atoms with Crippen LogP contribution in [0.5, 0.6) is 0 Å². The van der Waals surface area contributed by atoms with Crippen LogP contribution in [0.15, 0.2) is 78.0 Å². The molecule has 0 saturated carbocycles. The zero-order chi connectivity index (χ0) is 23.5. The molecule has 0 fully saturated rings. The Morgan fingerprint density at radius 3 is 2.50 bits per heavy atom. The highest BCUT2D eigenvalue weighted by Crippen LogP contribution is 2.27. The molecule has 0 spiro atoms. The van der Waals surface area contributed by atoms with Crippen molar-refractivity contribution in [2.75, 3.05) is 12.3 Å². The molecule has 5 nitrogen and oxygen atoms in total. The Kier molecular flexibility index (Phi) is 6.50. The Bertz CT molecular complexity index is 1320. The smallest absolute Gasteiger partial charge is 0.233 e. The van der Waals surface area contributed by atoms with Crippen LogP contribution >= 0.6 is 11.8 Å². The zero-order valence-electron chi connectivity index (χ0n) is 19.6. The van der Waals surface area contributed by atoms with Crippen molar-refractivity contribution in [3.63, 3.8) is 0 Å². The van der Waals surface area contributed by atoms with Crippen LogP contribution in [0.2, 0.25) is 0 Å². The van der Waals surface area contributed by atoms with Crippen molar-refractivity contribution in [3.8, 4) is 5.69 Å². The number of aromatic nitrogens is 3. The summed E-state index contributed by atoms with van der Waals surface area (Å²) in [5.41, 5.74) is 7.21. The van der Waals surface area contributed by atoms with Crippen molar-refractivity contribution in [1.29, 1.82) is 0 Å². The van der Waals surface area contributed by atoms with Gasteiger partial charge in [0.15, 0.2) is 5.16 Å². The zero-order valence-corrected chi connectivity index (χ0v) is 20.4. The van der Waals surface area contributed by atoms with Gasteiger partial charge in [-0.25, -0.2) is 0 Å². The van der Waals surface area contributed by atoms with E-state index in [1.165, 1.54) is 34.0 Å². The minimum atomic E-state index is 0.138. The van der Waals surface area contributed by atoms with Gasteiger partial charge in [0.2, 0.25) is 5.91 Å². The maximum Gasteiger partial charge on any atom is 0.233 e. The van der Waals surface area contributed by atoms with Crippen molar-refractivity contribution < 1.29 is 4.79 Å². The molecule has 2 heterocycles. The van der Waals surface area contributed by atoms with Gasteiger partial charge < -0.3 is 4.90 Å². The van der Waals surface area contributed by atoms with Gasteiger partial charge in [0.1, 0.15) is 5.82 Å². The molecule has 0 bridgehead atoms. The van der Waals surface area contributed by atoms with Crippen molar-refractivity contribution in [2.45, 2.75) is 38.4 Å². The minimum Gasteiger partial charge on any atom is -0.337 e.